The van der Waals surface area contributed by atoms with Crippen molar-refractivity contribution in [1.82, 2.24) is 9.13 Å². The molecule has 0 radical (unpaired) electrons. The minimum atomic E-state index is -0.424. The van der Waals surface area contributed by atoms with Gasteiger partial charge >= 0.3 is 5.69 Å². The van der Waals surface area contributed by atoms with Crippen molar-refractivity contribution in [3.8, 4) is 0 Å². The number of benzene rings is 3. The Hall–Kier alpha value is -4.04. The van der Waals surface area contributed by atoms with Crippen LogP contribution in [0.4, 0.5) is 0 Å². The summed E-state index contributed by atoms with van der Waals surface area (Å²) < 4.78 is 21.1. The fourth-order valence-electron chi connectivity index (χ4n) is 5.29. The average Bonchev–Trinajstić information content (AvgIpc) is 3.31. The summed E-state index contributed by atoms with van der Waals surface area (Å²) in [5.74, 6) is -0.116. The molecular weight excluding hydrogens is 516 g/mol. The monoisotopic (exact) mass is 552 g/mol. The number of aromatic nitrogens is 2. The highest BCUT2D eigenvalue weighted by Gasteiger charge is 2.40. The molecule has 0 spiro atoms. The summed E-state index contributed by atoms with van der Waals surface area (Å²) >= 11 is 0. The van der Waals surface area contributed by atoms with Crippen LogP contribution >= 0.6 is 0 Å². The summed E-state index contributed by atoms with van der Waals surface area (Å²) in [6.07, 6.45) is 1.98. The van der Waals surface area contributed by atoms with Crippen molar-refractivity contribution in [2.45, 2.75) is 52.0 Å². The number of hydrogen-bond donors (Lipinski definition) is 0. The van der Waals surface area contributed by atoms with Crippen LogP contribution < -0.4 is 11.2 Å². The highest BCUT2D eigenvalue weighted by Crippen LogP contribution is 2.41. The van der Waals surface area contributed by atoms with Crippen LogP contribution in [-0.4, -0.2) is 21.8 Å². The van der Waals surface area contributed by atoms with E-state index in [0.717, 1.165) is 26.8 Å². The summed E-state index contributed by atoms with van der Waals surface area (Å²) in [4.78, 5) is 26.6. The predicted octanol–water partition coefficient (Wildman–Crippen LogP) is 5.41. The molecule has 0 saturated heterocycles. The minimum absolute atomic E-state index is 0.116. The first-order valence-electron chi connectivity index (χ1n) is 13.9. The number of rotatable bonds is 12. The molecule has 7 nitrogen and oxygen atoms in total. The lowest BCUT2D eigenvalue weighted by molar-refractivity contribution is -0.0123. The zero-order valence-electron chi connectivity index (χ0n) is 23.4. The van der Waals surface area contributed by atoms with Crippen LogP contribution in [0.2, 0.25) is 0 Å². The summed E-state index contributed by atoms with van der Waals surface area (Å²) in [7, 11) is 0. The molecule has 0 aliphatic heterocycles. The van der Waals surface area contributed by atoms with Gasteiger partial charge in [0.25, 0.3) is 5.56 Å². The van der Waals surface area contributed by atoms with Gasteiger partial charge in [0.15, 0.2) is 0 Å². The van der Waals surface area contributed by atoms with E-state index in [1.165, 1.54) is 0 Å². The molecule has 0 N–H and O–H groups in total. The number of hydrogen-bond acceptors (Lipinski definition) is 5. The molecular formula is C34H36N2O5. The van der Waals surface area contributed by atoms with E-state index in [-0.39, 0.29) is 30.4 Å². The molecule has 4 aromatic rings. The summed E-state index contributed by atoms with van der Waals surface area (Å²) in [5.41, 5.74) is 3.66. The standard InChI is InChI=1S/C34H36N2O5/c1-25-19-35(34(38)36(33(25)37)24-40-21-28-14-8-4-9-15-28)31-18-32(41-22-29-16-10-5-11-17-29)30(26(31)2)23-39-20-27-12-6-3-7-13-27/h3-17,19,30-32H,2,18,20-24H2,1H3/t30-,31-,32-/m0/s1. The van der Waals surface area contributed by atoms with Gasteiger partial charge in [-0.1, -0.05) is 97.6 Å². The van der Waals surface area contributed by atoms with Crippen LogP contribution in [0, 0.1) is 12.8 Å². The van der Waals surface area contributed by atoms with Gasteiger partial charge in [0.05, 0.1) is 38.6 Å². The molecule has 3 aromatic carbocycles. The zero-order chi connectivity index (χ0) is 28.6. The van der Waals surface area contributed by atoms with Gasteiger partial charge in [0, 0.05) is 17.7 Å². The molecule has 0 amide bonds. The van der Waals surface area contributed by atoms with Gasteiger partial charge in [0.2, 0.25) is 0 Å². The van der Waals surface area contributed by atoms with E-state index in [1.54, 1.807) is 17.7 Å². The zero-order valence-corrected chi connectivity index (χ0v) is 23.4. The van der Waals surface area contributed by atoms with Gasteiger partial charge in [-0.15, -0.1) is 0 Å². The maximum atomic E-state index is 13.6. The third-order valence-corrected chi connectivity index (χ3v) is 7.56. The molecule has 1 saturated carbocycles. The lowest BCUT2D eigenvalue weighted by Crippen LogP contribution is -2.42. The van der Waals surface area contributed by atoms with Gasteiger partial charge in [0.1, 0.15) is 6.73 Å². The van der Waals surface area contributed by atoms with Crippen molar-refractivity contribution in [3.05, 3.63) is 152 Å². The van der Waals surface area contributed by atoms with Crippen molar-refractivity contribution in [2.75, 3.05) is 6.61 Å². The van der Waals surface area contributed by atoms with Gasteiger partial charge < -0.3 is 14.2 Å². The predicted molar refractivity (Wildman–Crippen MR) is 158 cm³/mol. The highest BCUT2D eigenvalue weighted by atomic mass is 16.5. The second-order valence-corrected chi connectivity index (χ2v) is 10.5. The van der Waals surface area contributed by atoms with Crippen LogP contribution in [0.15, 0.2) is 119 Å². The molecule has 5 rings (SSSR count). The molecule has 212 valence electrons. The first-order valence-corrected chi connectivity index (χ1v) is 13.9. The normalized spacial score (nSPS) is 18.6. The lowest BCUT2D eigenvalue weighted by Gasteiger charge is -2.21. The van der Waals surface area contributed by atoms with E-state index in [0.29, 0.717) is 38.4 Å². The molecule has 3 atom stereocenters. The molecule has 7 heteroatoms. The summed E-state index contributed by atoms with van der Waals surface area (Å²) in [6.45, 7) is 7.63. The third-order valence-electron chi connectivity index (χ3n) is 7.56. The number of aryl methyl sites for hydroxylation is 1. The lowest BCUT2D eigenvalue weighted by atomic mass is 10.0. The average molecular weight is 553 g/mol. The SMILES string of the molecule is C=C1[C@H](COCc2ccccc2)[C@@H](OCc2ccccc2)C[C@@H]1n1cc(C)c(=O)n(COCc2ccccc2)c1=O. The van der Waals surface area contributed by atoms with Crippen LogP contribution in [0.1, 0.15) is 34.7 Å². The second kappa shape index (κ2) is 13.5. The van der Waals surface area contributed by atoms with Crippen molar-refractivity contribution < 1.29 is 14.2 Å². The van der Waals surface area contributed by atoms with Crippen LogP contribution in [0.25, 0.3) is 0 Å². The van der Waals surface area contributed by atoms with Crippen LogP contribution in [0.5, 0.6) is 0 Å². The van der Waals surface area contributed by atoms with E-state index >= 15 is 0 Å². The topological polar surface area (TPSA) is 71.7 Å². The smallest absolute Gasteiger partial charge is 0.333 e. The van der Waals surface area contributed by atoms with Crippen LogP contribution in [0.3, 0.4) is 0 Å². The first-order chi connectivity index (χ1) is 20.0. The molecule has 1 fully saturated rings. The Bertz CT molecular complexity index is 1550. The maximum absolute atomic E-state index is 13.6. The van der Waals surface area contributed by atoms with E-state index < -0.39 is 5.69 Å². The van der Waals surface area contributed by atoms with Crippen molar-refractivity contribution in [1.29, 1.82) is 0 Å². The molecule has 1 aliphatic carbocycles. The van der Waals surface area contributed by atoms with Crippen LogP contribution in [-0.2, 0) is 40.8 Å². The molecule has 1 heterocycles. The van der Waals surface area contributed by atoms with Crippen molar-refractivity contribution in [2.24, 2.45) is 5.92 Å². The molecule has 0 unspecified atom stereocenters. The van der Waals surface area contributed by atoms with Gasteiger partial charge in [-0.05, 0) is 35.6 Å². The van der Waals surface area contributed by atoms with Gasteiger partial charge in [-0.3, -0.25) is 9.36 Å². The Labute approximate surface area is 240 Å². The van der Waals surface area contributed by atoms with Crippen molar-refractivity contribution >= 4 is 0 Å². The fourth-order valence-corrected chi connectivity index (χ4v) is 5.29. The van der Waals surface area contributed by atoms with E-state index in [9.17, 15) is 9.59 Å². The van der Waals surface area contributed by atoms with E-state index in [4.69, 9.17) is 14.2 Å². The quantitative estimate of drug-likeness (QED) is 0.220. The molecule has 41 heavy (non-hydrogen) atoms. The Balaban J connectivity index is 1.35. The summed E-state index contributed by atoms with van der Waals surface area (Å²) in [5, 5.41) is 0. The highest BCUT2D eigenvalue weighted by molar-refractivity contribution is 5.21. The maximum Gasteiger partial charge on any atom is 0.333 e. The molecule has 0 bridgehead atoms. The number of nitrogens with zero attached hydrogens (tertiary/aromatic N) is 2. The van der Waals surface area contributed by atoms with E-state index in [1.807, 2.05) is 91.0 Å². The Morgan fingerprint density at radius 3 is 1.90 bits per heavy atom. The first kappa shape index (κ1) is 28.5. The summed E-state index contributed by atoms with van der Waals surface area (Å²) in [6, 6.07) is 29.3. The second-order valence-electron chi connectivity index (χ2n) is 10.5. The number of ether oxygens (including phenoxy) is 3. The Kier molecular flexibility index (Phi) is 9.41. The molecule has 1 aromatic heterocycles. The van der Waals surface area contributed by atoms with Crippen molar-refractivity contribution in [3.63, 3.8) is 0 Å². The largest absolute Gasteiger partial charge is 0.376 e. The Morgan fingerprint density at radius 2 is 1.32 bits per heavy atom. The third kappa shape index (κ3) is 7.00. The Morgan fingerprint density at radius 1 is 0.780 bits per heavy atom. The minimum Gasteiger partial charge on any atom is -0.376 e. The fraction of sp³-hybridized carbons (Fsp3) is 0.294. The van der Waals surface area contributed by atoms with Gasteiger partial charge in [-0.25, -0.2) is 9.36 Å². The molecule has 1 aliphatic rings. The van der Waals surface area contributed by atoms with Gasteiger partial charge in [-0.2, -0.15) is 0 Å². The van der Waals surface area contributed by atoms with E-state index in [2.05, 4.69) is 6.58 Å².